The zero-order chi connectivity index (χ0) is 25.6. The molecule has 5 rings (SSSR count). The van der Waals surface area contributed by atoms with Gasteiger partial charge in [0.15, 0.2) is 11.6 Å². The standard InChI is InChI=1S/C25H28F2N6O2S/c1-4-7-31-16-21(14-28-31)36(34,35)32-9-8-30(15-18(32)3)24-11-19-13-29-33(25(19)10-17(24)2)20-5-6-22(26)23(27)12-20/h5-6,10-14,16,18H,4,7-9,15H2,1-3H3/t18-/m1/s1. The Bertz CT molecular complexity index is 1530. The molecule has 1 aliphatic heterocycles. The van der Waals surface area contributed by atoms with E-state index in [2.05, 4.69) is 15.1 Å². The van der Waals surface area contributed by atoms with Gasteiger partial charge < -0.3 is 4.90 Å². The highest BCUT2D eigenvalue weighted by Gasteiger charge is 2.35. The van der Waals surface area contributed by atoms with Gasteiger partial charge in [-0.15, -0.1) is 0 Å². The lowest BCUT2D eigenvalue weighted by molar-refractivity contribution is 0.306. The number of sulfonamides is 1. The number of hydrogen-bond donors (Lipinski definition) is 0. The maximum atomic E-state index is 13.8. The Morgan fingerprint density at radius 3 is 2.58 bits per heavy atom. The van der Waals surface area contributed by atoms with Crippen LogP contribution in [0.1, 0.15) is 25.8 Å². The molecule has 0 N–H and O–H groups in total. The topological polar surface area (TPSA) is 76.3 Å². The van der Waals surface area contributed by atoms with Crippen LogP contribution in [0.3, 0.4) is 0 Å². The third-order valence-electron chi connectivity index (χ3n) is 6.61. The Labute approximate surface area is 208 Å². The van der Waals surface area contributed by atoms with E-state index in [9.17, 15) is 17.2 Å². The third-order valence-corrected chi connectivity index (χ3v) is 8.58. The molecule has 0 unspecified atom stereocenters. The summed E-state index contributed by atoms with van der Waals surface area (Å²) in [4.78, 5) is 2.40. The molecule has 0 aliphatic carbocycles. The molecule has 0 amide bonds. The highest BCUT2D eigenvalue weighted by atomic mass is 32.2. The van der Waals surface area contributed by atoms with E-state index >= 15 is 0 Å². The van der Waals surface area contributed by atoms with Crippen molar-refractivity contribution < 1.29 is 17.2 Å². The van der Waals surface area contributed by atoms with Gasteiger partial charge >= 0.3 is 0 Å². The number of hydrogen-bond acceptors (Lipinski definition) is 5. The minimum Gasteiger partial charge on any atom is -0.368 e. The van der Waals surface area contributed by atoms with Gasteiger partial charge in [0, 0.05) is 55.6 Å². The van der Waals surface area contributed by atoms with E-state index < -0.39 is 21.7 Å². The Morgan fingerprint density at radius 2 is 1.86 bits per heavy atom. The molecule has 2 aromatic heterocycles. The van der Waals surface area contributed by atoms with E-state index in [4.69, 9.17) is 0 Å². The summed E-state index contributed by atoms with van der Waals surface area (Å²) in [5.41, 5.74) is 3.19. The molecular formula is C25H28F2N6O2S. The van der Waals surface area contributed by atoms with Crippen LogP contribution in [0, 0.1) is 18.6 Å². The van der Waals surface area contributed by atoms with Crippen LogP contribution in [0.25, 0.3) is 16.6 Å². The largest absolute Gasteiger partial charge is 0.368 e. The van der Waals surface area contributed by atoms with Crippen molar-refractivity contribution in [3.8, 4) is 5.69 Å². The second kappa shape index (κ2) is 9.29. The van der Waals surface area contributed by atoms with Crippen molar-refractivity contribution in [1.29, 1.82) is 0 Å². The van der Waals surface area contributed by atoms with Crippen LogP contribution in [-0.4, -0.2) is 58.0 Å². The van der Waals surface area contributed by atoms with Gasteiger partial charge in [-0.2, -0.15) is 14.5 Å². The van der Waals surface area contributed by atoms with Gasteiger partial charge in [-0.05, 0) is 50.1 Å². The first-order valence-electron chi connectivity index (χ1n) is 11.9. The zero-order valence-electron chi connectivity index (χ0n) is 20.4. The van der Waals surface area contributed by atoms with Crippen LogP contribution in [0.15, 0.2) is 53.8 Å². The predicted molar refractivity (Wildman–Crippen MR) is 134 cm³/mol. The van der Waals surface area contributed by atoms with Crippen LogP contribution < -0.4 is 4.90 Å². The number of fused-ring (bicyclic) bond motifs is 1. The Morgan fingerprint density at radius 1 is 1.06 bits per heavy atom. The van der Waals surface area contributed by atoms with Crippen molar-refractivity contribution in [1.82, 2.24) is 23.9 Å². The van der Waals surface area contributed by atoms with E-state index in [0.717, 1.165) is 40.7 Å². The molecule has 1 saturated heterocycles. The monoisotopic (exact) mass is 514 g/mol. The summed E-state index contributed by atoms with van der Waals surface area (Å²) in [6, 6.07) is 7.44. The van der Waals surface area contributed by atoms with Crippen LogP contribution in [0.2, 0.25) is 0 Å². The lowest BCUT2D eigenvalue weighted by Gasteiger charge is -2.40. The quantitative estimate of drug-likeness (QED) is 0.387. The highest BCUT2D eigenvalue weighted by molar-refractivity contribution is 7.89. The van der Waals surface area contributed by atoms with Crippen molar-refractivity contribution >= 4 is 26.6 Å². The summed E-state index contributed by atoms with van der Waals surface area (Å²) in [7, 11) is -3.64. The van der Waals surface area contributed by atoms with Crippen molar-refractivity contribution in [3.05, 3.63) is 66.1 Å². The van der Waals surface area contributed by atoms with Gasteiger partial charge in [-0.3, -0.25) is 4.68 Å². The second-order valence-corrected chi connectivity index (χ2v) is 11.1. The third kappa shape index (κ3) is 4.26. The van der Waals surface area contributed by atoms with Gasteiger partial charge in [0.2, 0.25) is 10.0 Å². The van der Waals surface area contributed by atoms with Crippen LogP contribution in [0.4, 0.5) is 14.5 Å². The molecule has 0 saturated carbocycles. The lowest BCUT2D eigenvalue weighted by Crippen LogP contribution is -2.54. The van der Waals surface area contributed by atoms with Gasteiger partial charge in [-0.1, -0.05) is 6.92 Å². The summed E-state index contributed by atoms with van der Waals surface area (Å²) in [5, 5.41) is 9.42. The molecule has 0 radical (unpaired) electrons. The van der Waals surface area contributed by atoms with Crippen LogP contribution >= 0.6 is 0 Å². The number of piperazine rings is 1. The van der Waals surface area contributed by atoms with Crippen LogP contribution in [-0.2, 0) is 16.6 Å². The van der Waals surface area contributed by atoms with Crippen molar-refractivity contribution in [2.24, 2.45) is 0 Å². The van der Waals surface area contributed by atoms with E-state index in [1.807, 2.05) is 32.9 Å². The average Bonchev–Trinajstić information content (AvgIpc) is 3.48. The molecule has 1 aliphatic rings. The summed E-state index contributed by atoms with van der Waals surface area (Å²) >= 11 is 0. The summed E-state index contributed by atoms with van der Waals surface area (Å²) in [6.07, 6.45) is 5.59. The second-order valence-electron chi connectivity index (χ2n) is 9.20. The van der Waals surface area contributed by atoms with E-state index in [-0.39, 0.29) is 10.9 Å². The van der Waals surface area contributed by atoms with E-state index in [0.29, 0.717) is 31.9 Å². The number of halogens is 2. The van der Waals surface area contributed by atoms with Crippen molar-refractivity contribution in [3.63, 3.8) is 0 Å². The molecule has 1 fully saturated rings. The van der Waals surface area contributed by atoms with Gasteiger partial charge in [-0.25, -0.2) is 21.9 Å². The molecule has 36 heavy (non-hydrogen) atoms. The molecule has 190 valence electrons. The maximum Gasteiger partial charge on any atom is 0.246 e. The smallest absolute Gasteiger partial charge is 0.246 e. The molecule has 0 spiro atoms. The van der Waals surface area contributed by atoms with E-state index in [1.54, 1.807) is 26.1 Å². The molecule has 0 bridgehead atoms. The number of anilines is 1. The van der Waals surface area contributed by atoms with Gasteiger partial charge in [0.25, 0.3) is 0 Å². The fourth-order valence-corrected chi connectivity index (χ4v) is 6.38. The number of nitrogens with zero attached hydrogens (tertiary/aromatic N) is 6. The number of rotatable bonds is 6. The Hall–Kier alpha value is -3.31. The first-order chi connectivity index (χ1) is 17.2. The number of benzene rings is 2. The predicted octanol–water partition coefficient (Wildman–Crippen LogP) is 4.12. The first-order valence-corrected chi connectivity index (χ1v) is 13.4. The van der Waals surface area contributed by atoms with Crippen molar-refractivity contribution in [2.75, 3.05) is 24.5 Å². The molecule has 2 aromatic carbocycles. The summed E-state index contributed by atoms with van der Waals surface area (Å²) in [5.74, 6) is -1.83. The molecule has 4 aromatic rings. The van der Waals surface area contributed by atoms with Crippen LogP contribution in [0.5, 0.6) is 0 Å². The lowest BCUT2D eigenvalue weighted by atomic mass is 10.1. The molecular weight excluding hydrogens is 486 g/mol. The SMILES string of the molecule is CCCn1cc(S(=O)(=O)N2CCN(c3cc4cnn(-c5ccc(F)c(F)c5)c4cc3C)C[C@H]2C)cn1. The number of aromatic nitrogens is 4. The number of aryl methyl sites for hydroxylation is 2. The van der Waals surface area contributed by atoms with Crippen molar-refractivity contribution in [2.45, 2.75) is 44.7 Å². The molecule has 8 nitrogen and oxygen atoms in total. The summed E-state index contributed by atoms with van der Waals surface area (Å²) in [6.45, 7) is 8.01. The summed E-state index contributed by atoms with van der Waals surface area (Å²) < 4.78 is 58.5. The molecule has 11 heteroatoms. The van der Waals surface area contributed by atoms with Gasteiger partial charge in [0.1, 0.15) is 4.90 Å². The average molecular weight is 515 g/mol. The fraction of sp³-hybridized carbons (Fsp3) is 0.360. The fourth-order valence-electron chi connectivity index (χ4n) is 4.81. The Balaban J connectivity index is 1.39. The maximum absolute atomic E-state index is 13.8. The van der Waals surface area contributed by atoms with Gasteiger partial charge in [0.05, 0.1) is 23.6 Å². The van der Waals surface area contributed by atoms with E-state index in [1.165, 1.54) is 12.3 Å². The highest BCUT2D eigenvalue weighted by Crippen LogP contribution is 2.31. The minimum absolute atomic E-state index is 0.221. The first kappa shape index (κ1) is 24.4. The minimum atomic E-state index is -3.64. The zero-order valence-corrected chi connectivity index (χ0v) is 21.2. The molecule has 1 atom stereocenters. The molecule has 3 heterocycles. The Kier molecular flexibility index (Phi) is 6.29. The normalized spacial score (nSPS) is 17.2.